The molecule has 1 aliphatic heterocycles. The lowest BCUT2D eigenvalue weighted by Crippen LogP contribution is -2.48. The van der Waals surface area contributed by atoms with Gasteiger partial charge in [0.15, 0.2) is 0 Å². The number of rotatable bonds is 3. The maximum atomic E-state index is 12.2. The van der Waals surface area contributed by atoms with E-state index in [0.29, 0.717) is 36.0 Å². The summed E-state index contributed by atoms with van der Waals surface area (Å²) in [6, 6.07) is 0. The molecule has 6 heteroatoms. The molecule has 0 aromatic carbocycles. The van der Waals surface area contributed by atoms with Crippen LogP contribution in [0.2, 0.25) is 0 Å². The number of aryl methyl sites for hydroxylation is 2. The zero-order valence-electron chi connectivity index (χ0n) is 9.84. The van der Waals surface area contributed by atoms with Crippen LogP contribution in [0.15, 0.2) is 11.1 Å². The summed E-state index contributed by atoms with van der Waals surface area (Å²) in [5.41, 5.74) is 0.655. The Balaban J connectivity index is 2.35. The van der Waals surface area contributed by atoms with Crippen molar-refractivity contribution < 1.29 is 8.42 Å². The van der Waals surface area contributed by atoms with Crippen molar-refractivity contribution in [2.24, 2.45) is 13.0 Å². The van der Waals surface area contributed by atoms with E-state index < -0.39 is 10.0 Å². The van der Waals surface area contributed by atoms with Crippen molar-refractivity contribution in [2.75, 3.05) is 13.1 Å². The van der Waals surface area contributed by atoms with Gasteiger partial charge in [-0.15, -0.1) is 0 Å². The van der Waals surface area contributed by atoms with Crippen LogP contribution in [-0.2, 0) is 23.5 Å². The van der Waals surface area contributed by atoms with Gasteiger partial charge in [0.05, 0.1) is 5.69 Å². The summed E-state index contributed by atoms with van der Waals surface area (Å²) in [7, 11) is -1.56. The van der Waals surface area contributed by atoms with E-state index in [1.165, 1.54) is 4.31 Å². The zero-order chi connectivity index (χ0) is 11.9. The Bertz CT molecular complexity index is 486. The molecule has 0 spiro atoms. The summed E-state index contributed by atoms with van der Waals surface area (Å²) in [5.74, 6) is 0.469. The predicted molar refractivity (Wildman–Crippen MR) is 60.5 cm³/mol. The van der Waals surface area contributed by atoms with Crippen LogP contribution in [-0.4, -0.2) is 35.6 Å². The average molecular weight is 243 g/mol. The van der Waals surface area contributed by atoms with Gasteiger partial charge < -0.3 is 0 Å². The minimum Gasteiger partial charge on any atom is -0.274 e. The topological polar surface area (TPSA) is 55.2 Å². The van der Waals surface area contributed by atoms with Crippen LogP contribution < -0.4 is 0 Å². The Hall–Kier alpha value is -0.880. The zero-order valence-corrected chi connectivity index (χ0v) is 10.7. The van der Waals surface area contributed by atoms with Crippen molar-refractivity contribution in [2.45, 2.75) is 25.2 Å². The van der Waals surface area contributed by atoms with E-state index in [-0.39, 0.29) is 0 Å². The van der Waals surface area contributed by atoms with Gasteiger partial charge in [0, 0.05) is 26.3 Å². The van der Waals surface area contributed by atoms with E-state index >= 15 is 0 Å². The molecule has 2 rings (SSSR count). The predicted octanol–water partition coefficient (Wildman–Crippen LogP) is 0.623. The minimum atomic E-state index is -3.31. The highest BCUT2D eigenvalue weighted by atomic mass is 32.2. The molecular formula is C10H17N3O2S. The van der Waals surface area contributed by atoms with Crippen LogP contribution >= 0.6 is 0 Å². The second kappa shape index (κ2) is 3.85. The van der Waals surface area contributed by atoms with Crippen LogP contribution in [0.4, 0.5) is 0 Å². The van der Waals surface area contributed by atoms with Gasteiger partial charge in [0.1, 0.15) is 4.90 Å². The molecule has 0 atom stereocenters. The molecule has 1 aliphatic rings. The van der Waals surface area contributed by atoms with Gasteiger partial charge in [-0.05, 0) is 12.3 Å². The number of sulfonamides is 1. The van der Waals surface area contributed by atoms with Gasteiger partial charge in [-0.3, -0.25) is 4.68 Å². The van der Waals surface area contributed by atoms with E-state index in [1.54, 1.807) is 17.9 Å². The Morgan fingerprint density at radius 3 is 2.62 bits per heavy atom. The largest absolute Gasteiger partial charge is 0.274 e. The summed E-state index contributed by atoms with van der Waals surface area (Å²) in [4.78, 5) is 0.365. The van der Waals surface area contributed by atoms with Gasteiger partial charge in [0.25, 0.3) is 0 Å². The van der Waals surface area contributed by atoms with Crippen molar-refractivity contribution in [1.82, 2.24) is 14.1 Å². The quantitative estimate of drug-likeness (QED) is 0.782. The Morgan fingerprint density at radius 2 is 2.12 bits per heavy atom. The van der Waals surface area contributed by atoms with Gasteiger partial charge >= 0.3 is 0 Å². The first kappa shape index (κ1) is 11.6. The Kier molecular flexibility index (Phi) is 2.79. The first-order valence-corrected chi connectivity index (χ1v) is 6.91. The molecule has 5 nitrogen and oxygen atoms in total. The normalized spacial score (nSPS) is 18.7. The fourth-order valence-corrected chi connectivity index (χ4v) is 3.90. The molecule has 90 valence electrons. The maximum absolute atomic E-state index is 12.2. The van der Waals surface area contributed by atoms with Crippen LogP contribution in [0.1, 0.15) is 19.5 Å². The molecule has 1 fully saturated rings. The van der Waals surface area contributed by atoms with E-state index in [2.05, 4.69) is 12.0 Å². The summed E-state index contributed by atoms with van der Waals surface area (Å²) in [5, 5.41) is 4.17. The van der Waals surface area contributed by atoms with E-state index in [9.17, 15) is 8.42 Å². The van der Waals surface area contributed by atoms with Crippen LogP contribution in [0.25, 0.3) is 0 Å². The van der Waals surface area contributed by atoms with Crippen LogP contribution in [0.3, 0.4) is 0 Å². The molecular weight excluding hydrogens is 226 g/mol. The highest BCUT2D eigenvalue weighted by Gasteiger charge is 2.36. The minimum absolute atomic E-state index is 0.365. The molecule has 0 radical (unpaired) electrons. The Morgan fingerprint density at radius 1 is 1.50 bits per heavy atom. The molecule has 1 aromatic heterocycles. The molecule has 16 heavy (non-hydrogen) atoms. The van der Waals surface area contributed by atoms with E-state index in [1.807, 2.05) is 6.92 Å². The lowest BCUT2D eigenvalue weighted by Gasteiger charge is -2.35. The third-order valence-electron chi connectivity index (χ3n) is 2.85. The van der Waals surface area contributed by atoms with Crippen LogP contribution in [0.5, 0.6) is 0 Å². The average Bonchev–Trinajstić information content (AvgIpc) is 2.55. The number of nitrogens with zero attached hydrogens (tertiary/aromatic N) is 3. The van der Waals surface area contributed by atoms with Crippen molar-refractivity contribution >= 4 is 10.0 Å². The molecule has 1 aromatic rings. The monoisotopic (exact) mass is 243 g/mol. The molecule has 0 saturated carbocycles. The van der Waals surface area contributed by atoms with Gasteiger partial charge in [-0.2, -0.15) is 9.40 Å². The molecule has 0 N–H and O–H groups in total. The van der Waals surface area contributed by atoms with Crippen molar-refractivity contribution in [3.63, 3.8) is 0 Å². The smallest absolute Gasteiger partial charge is 0.246 e. The van der Waals surface area contributed by atoms with Gasteiger partial charge in [-0.1, -0.05) is 13.8 Å². The van der Waals surface area contributed by atoms with Gasteiger partial charge in [0.2, 0.25) is 10.0 Å². The summed E-state index contributed by atoms with van der Waals surface area (Å²) >= 11 is 0. The lowest BCUT2D eigenvalue weighted by molar-refractivity contribution is 0.218. The first-order valence-electron chi connectivity index (χ1n) is 5.47. The fourth-order valence-electron chi connectivity index (χ4n) is 1.95. The summed E-state index contributed by atoms with van der Waals surface area (Å²) in [6.07, 6.45) is 2.23. The number of aromatic nitrogens is 2. The van der Waals surface area contributed by atoms with E-state index in [4.69, 9.17) is 0 Å². The molecule has 0 bridgehead atoms. The fraction of sp³-hybridized carbons (Fsp3) is 0.700. The second-order valence-electron chi connectivity index (χ2n) is 4.39. The van der Waals surface area contributed by atoms with Crippen LogP contribution in [0, 0.1) is 5.92 Å². The van der Waals surface area contributed by atoms with Crippen molar-refractivity contribution in [3.8, 4) is 0 Å². The number of hydrogen-bond acceptors (Lipinski definition) is 3. The SMILES string of the molecule is CCc1nn(C)cc1S(=O)(=O)N1CC(C)C1. The molecule has 0 amide bonds. The van der Waals surface area contributed by atoms with E-state index in [0.717, 1.165) is 0 Å². The second-order valence-corrected chi connectivity index (χ2v) is 6.30. The molecule has 1 saturated heterocycles. The van der Waals surface area contributed by atoms with Crippen molar-refractivity contribution in [3.05, 3.63) is 11.9 Å². The third-order valence-corrected chi connectivity index (χ3v) is 4.73. The summed E-state index contributed by atoms with van der Waals surface area (Å²) < 4.78 is 27.5. The third kappa shape index (κ3) is 1.76. The molecule has 0 unspecified atom stereocenters. The molecule has 2 heterocycles. The Labute approximate surface area is 96.1 Å². The highest BCUT2D eigenvalue weighted by molar-refractivity contribution is 7.89. The number of hydrogen-bond donors (Lipinski definition) is 0. The van der Waals surface area contributed by atoms with Crippen molar-refractivity contribution in [1.29, 1.82) is 0 Å². The maximum Gasteiger partial charge on any atom is 0.246 e. The first-order chi connectivity index (χ1) is 7.45. The standard InChI is InChI=1S/C10H17N3O2S/c1-4-9-10(7-12(3)11-9)16(14,15)13-5-8(2)6-13/h7-8H,4-6H2,1-3H3. The highest BCUT2D eigenvalue weighted by Crippen LogP contribution is 2.26. The molecule has 0 aliphatic carbocycles. The summed E-state index contributed by atoms with van der Waals surface area (Å²) in [6.45, 7) is 5.22. The van der Waals surface area contributed by atoms with Gasteiger partial charge in [-0.25, -0.2) is 8.42 Å². The lowest BCUT2D eigenvalue weighted by atomic mass is 10.1.